The summed E-state index contributed by atoms with van der Waals surface area (Å²) >= 11 is 0. The van der Waals surface area contributed by atoms with Crippen LogP contribution in [0.2, 0.25) is 0 Å². The molecule has 0 aromatic rings. The van der Waals surface area contributed by atoms with Gasteiger partial charge in [-0.3, -0.25) is 0 Å². The van der Waals surface area contributed by atoms with Gasteiger partial charge in [0.05, 0.1) is 0 Å². The van der Waals surface area contributed by atoms with E-state index in [2.05, 4.69) is 4.74 Å². The third-order valence-electron chi connectivity index (χ3n) is 1.98. The average molecular weight is 332 g/mol. The summed E-state index contributed by atoms with van der Waals surface area (Å²) in [6.07, 6.45) is -18.3. The zero-order valence-corrected chi connectivity index (χ0v) is 9.50. The Bertz CT molecular complexity index is 424. The number of rotatable bonds is 7. The van der Waals surface area contributed by atoms with E-state index in [-0.39, 0.29) is 6.21 Å². The molecule has 0 aliphatic carbocycles. The molecule has 3 atom stereocenters. The van der Waals surface area contributed by atoms with Gasteiger partial charge in [-0.25, -0.2) is 22.4 Å². The van der Waals surface area contributed by atoms with Crippen molar-refractivity contribution in [1.82, 2.24) is 0 Å². The summed E-state index contributed by atoms with van der Waals surface area (Å²) in [4.78, 5) is 12.3. The first-order valence-electron chi connectivity index (χ1n) is 4.73. The maximum Gasteiger partial charge on any atom is 0.416 e. The van der Waals surface area contributed by atoms with Gasteiger partial charge in [-0.2, -0.15) is 26.7 Å². The Balaban J connectivity index is 5.25. The van der Waals surface area contributed by atoms with Gasteiger partial charge in [0.25, 0.3) is 6.43 Å². The van der Waals surface area contributed by atoms with Crippen LogP contribution < -0.4 is 0 Å². The molecule has 0 aliphatic heterocycles. The van der Waals surface area contributed by atoms with Gasteiger partial charge >= 0.3 is 30.4 Å². The van der Waals surface area contributed by atoms with Crippen molar-refractivity contribution >= 4 is 12.2 Å². The van der Waals surface area contributed by atoms with Crippen LogP contribution in [0.3, 0.4) is 0 Å². The minimum absolute atomic E-state index is 0.315. The van der Waals surface area contributed by atoms with Gasteiger partial charge in [-0.1, -0.05) is 0 Å². The van der Waals surface area contributed by atoms with E-state index in [4.69, 9.17) is 5.53 Å². The molecule has 0 saturated carbocycles. The SMILES string of the molecule is [N-]=[N+]=CC(=O)OC(F)C(F)(F)C(F)(F)C(F)C(F)C(F)F. The van der Waals surface area contributed by atoms with E-state index in [9.17, 15) is 44.3 Å². The lowest BCUT2D eigenvalue weighted by atomic mass is 10.0. The molecule has 0 fully saturated rings. The van der Waals surface area contributed by atoms with Crippen LogP contribution >= 0.6 is 0 Å². The molecule has 122 valence electrons. The molecular weight excluding hydrogens is 327 g/mol. The zero-order chi connectivity index (χ0) is 17.0. The van der Waals surface area contributed by atoms with Gasteiger partial charge < -0.3 is 10.3 Å². The van der Waals surface area contributed by atoms with Gasteiger partial charge in [0, 0.05) is 0 Å². The average Bonchev–Trinajstić information content (AvgIpc) is 2.36. The number of ether oxygens (including phenoxy) is 1. The standard InChI is InChI=1S/C8H5F9N2O2/c9-3(5(11)12)4(10)7(14,15)8(16,17)6(13)21-2(20)1-19-18/h1,3-6H. The first kappa shape index (κ1) is 19.2. The third-order valence-corrected chi connectivity index (χ3v) is 1.98. The normalized spacial score (nSPS) is 16.9. The molecule has 0 saturated heterocycles. The molecule has 21 heavy (non-hydrogen) atoms. The lowest BCUT2D eigenvalue weighted by molar-refractivity contribution is -0.311. The predicted octanol–water partition coefficient (Wildman–Crippen LogP) is 2.34. The smallest absolute Gasteiger partial charge is 0.416 e. The number of esters is 1. The lowest BCUT2D eigenvalue weighted by Crippen LogP contribution is -2.57. The fraction of sp³-hybridized carbons (Fsp3) is 0.750. The topological polar surface area (TPSA) is 62.7 Å². The van der Waals surface area contributed by atoms with Crippen LogP contribution in [0.5, 0.6) is 0 Å². The van der Waals surface area contributed by atoms with Crippen molar-refractivity contribution in [2.24, 2.45) is 0 Å². The van der Waals surface area contributed by atoms with E-state index in [0.717, 1.165) is 0 Å². The summed E-state index contributed by atoms with van der Waals surface area (Å²) < 4.78 is 116. The molecule has 0 heterocycles. The number of hydrogen-bond acceptors (Lipinski definition) is 2. The van der Waals surface area contributed by atoms with Crippen molar-refractivity contribution in [1.29, 1.82) is 0 Å². The third kappa shape index (κ3) is 4.09. The highest BCUT2D eigenvalue weighted by Crippen LogP contribution is 2.44. The number of carbonyl (C=O) groups excluding carboxylic acids is 1. The Hall–Kier alpha value is -1.78. The van der Waals surface area contributed by atoms with Crippen molar-refractivity contribution in [3.8, 4) is 0 Å². The summed E-state index contributed by atoms with van der Waals surface area (Å²) in [5.74, 6) is -14.6. The monoisotopic (exact) mass is 332 g/mol. The van der Waals surface area contributed by atoms with E-state index in [1.807, 2.05) is 4.79 Å². The van der Waals surface area contributed by atoms with Crippen LogP contribution in [0, 0.1) is 0 Å². The van der Waals surface area contributed by atoms with E-state index in [1.165, 1.54) is 0 Å². The minimum Gasteiger partial charge on any atom is -0.416 e. The fourth-order valence-corrected chi connectivity index (χ4v) is 0.916. The Morgan fingerprint density at radius 1 is 1.05 bits per heavy atom. The first-order chi connectivity index (χ1) is 9.39. The van der Waals surface area contributed by atoms with Crippen LogP contribution in [-0.2, 0) is 9.53 Å². The van der Waals surface area contributed by atoms with Crippen molar-refractivity contribution in [3.05, 3.63) is 5.53 Å². The van der Waals surface area contributed by atoms with Gasteiger partial charge in [0.1, 0.15) is 0 Å². The largest absolute Gasteiger partial charge is 0.416 e. The van der Waals surface area contributed by atoms with Crippen LogP contribution in [0.15, 0.2) is 0 Å². The summed E-state index contributed by atoms with van der Waals surface area (Å²) in [7, 11) is 0. The summed E-state index contributed by atoms with van der Waals surface area (Å²) in [6.45, 7) is 0. The molecular formula is C8H5F9N2O2. The zero-order valence-electron chi connectivity index (χ0n) is 9.50. The molecule has 0 rings (SSSR count). The Labute approximate surface area is 110 Å². The van der Waals surface area contributed by atoms with Crippen molar-refractivity contribution in [2.45, 2.75) is 37.0 Å². The number of hydrogen-bond donors (Lipinski definition) is 0. The molecule has 3 unspecified atom stereocenters. The molecule has 0 aromatic heterocycles. The highest BCUT2D eigenvalue weighted by Gasteiger charge is 2.70. The van der Waals surface area contributed by atoms with Crippen molar-refractivity contribution in [2.75, 3.05) is 0 Å². The summed E-state index contributed by atoms with van der Waals surface area (Å²) in [5, 5.41) is 0. The van der Waals surface area contributed by atoms with E-state index < -0.39 is 42.9 Å². The highest BCUT2D eigenvalue weighted by molar-refractivity contribution is 6.20. The maximum absolute atomic E-state index is 12.9. The molecule has 0 amide bonds. The summed E-state index contributed by atoms with van der Waals surface area (Å²) in [5.41, 5.74) is 7.75. The van der Waals surface area contributed by atoms with Crippen molar-refractivity contribution < 1.29 is 53.8 Å². The quantitative estimate of drug-likeness (QED) is 0.236. The van der Waals surface area contributed by atoms with Gasteiger partial charge in [-0.15, -0.1) is 0 Å². The maximum atomic E-state index is 12.9. The summed E-state index contributed by atoms with van der Waals surface area (Å²) in [6, 6.07) is 0. The minimum atomic E-state index is -6.25. The van der Waals surface area contributed by atoms with Gasteiger partial charge in [0.2, 0.25) is 6.17 Å². The van der Waals surface area contributed by atoms with Crippen LogP contribution in [0.1, 0.15) is 0 Å². The number of nitrogens with zero attached hydrogens (tertiary/aromatic N) is 2. The second kappa shape index (κ2) is 6.78. The molecule has 13 heteroatoms. The van der Waals surface area contributed by atoms with E-state index in [1.54, 1.807) is 0 Å². The molecule has 4 nitrogen and oxygen atoms in total. The van der Waals surface area contributed by atoms with E-state index in [0.29, 0.717) is 0 Å². The molecule has 0 spiro atoms. The first-order valence-corrected chi connectivity index (χ1v) is 4.73. The van der Waals surface area contributed by atoms with Crippen molar-refractivity contribution in [3.63, 3.8) is 0 Å². The van der Waals surface area contributed by atoms with Crippen LogP contribution in [-0.4, -0.2) is 53.9 Å². The van der Waals surface area contributed by atoms with Crippen LogP contribution in [0.25, 0.3) is 5.53 Å². The second-order valence-corrected chi connectivity index (χ2v) is 3.42. The van der Waals surface area contributed by atoms with Gasteiger partial charge in [0.15, 0.2) is 6.17 Å². The molecule has 0 N–H and O–H groups in total. The highest BCUT2D eigenvalue weighted by atomic mass is 19.3. The lowest BCUT2D eigenvalue weighted by Gasteiger charge is -2.31. The molecule has 0 aromatic carbocycles. The number of carbonyl (C=O) groups is 1. The molecule has 0 bridgehead atoms. The Kier molecular flexibility index (Phi) is 6.21. The fourth-order valence-electron chi connectivity index (χ4n) is 0.916. The second-order valence-electron chi connectivity index (χ2n) is 3.42. The number of alkyl halides is 9. The Morgan fingerprint density at radius 2 is 1.52 bits per heavy atom. The predicted molar refractivity (Wildman–Crippen MR) is 46.4 cm³/mol. The van der Waals surface area contributed by atoms with Gasteiger partial charge in [-0.05, 0) is 0 Å². The van der Waals surface area contributed by atoms with Crippen LogP contribution in [0.4, 0.5) is 39.5 Å². The molecule has 0 aliphatic rings. The Morgan fingerprint density at radius 3 is 1.90 bits per heavy atom. The molecule has 0 radical (unpaired) electrons. The van der Waals surface area contributed by atoms with E-state index >= 15 is 0 Å². The number of halogens is 9.